The molecule has 0 saturated carbocycles. The highest BCUT2D eigenvalue weighted by atomic mass is 35.5. The van der Waals surface area contributed by atoms with Crippen molar-refractivity contribution in [1.29, 1.82) is 5.26 Å². The van der Waals surface area contributed by atoms with Gasteiger partial charge in [-0.2, -0.15) is 5.26 Å². The molecule has 13 heteroatoms. The predicted molar refractivity (Wildman–Crippen MR) is 185 cm³/mol. The number of fused-ring (bicyclic) bond motifs is 4. The summed E-state index contributed by atoms with van der Waals surface area (Å²) >= 11 is 12.0. The Labute approximate surface area is 283 Å². The Balaban J connectivity index is 0.000000164. The lowest BCUT2D eigenvalue weighted by Gasteiger charge is -2.06. The number of benzene rings is 2. The number of halogens is 2. The van der Waals surface area contributed by atoms with Gasteiger partial charge in [0, 0.05) is 61.0 Å². The van der Waals surface area contributed by atoms with Crippen molar-refractivity contribution in [2.24, 2.45) is 0 Å². The van der Waals surface area contributed by atoms with Crippen molar-refractivity contribution in [1.82, 2.24) is 39.0 Å². The summed E-state index contributed by atoms with van der Waals surface area (Å²) in [6, 6.07) is 17.8. The van der Waals surface area contributed by atoms with Crippen LogP contribution in [-0.2, 0) is 13.1 Å². The van der Waals surface area contributed by atoms with E-state index in [1.165, 1.54) is 18.9 Å². The van der Waals surface area contributed by atoms with Crippen LogP contribution in [0.15, 0.2) is 98.4 Å². The maximum absolute atomic E-state index is 11.4. The van der Waals surface area contributed by atoms with E-state index >= 15 is 0 Å². The first-order chi connectivity index (χ1) is 22.9. The van der Waals surface area contributed by atoms with Crippen molar-refractivity contribution in [3.63, 3.8) is 0 Å². The van der Waals surface area contributed by atoms with E-state index in [1.807, 2.05) is 53.1 Å². The minimum absolute atomic E-state index is 0. The van der Waals surface area contributed by atoms with Crippen LogP contribution in [0.1, 0.15) is 34.5 Å². The van der Waals surface area contributed by atoms with Crippen molar-refractivity contribution in [3.05, 3.63) is 131 Å². The normalized spacial score (nSPS) is 10.9. The predicted octanol–water partition coefficient (Wildman–Crippen LogP) is 7.57. The quantitative estimate of drug-likeness (QED) is 0.195. The average molecular weight is 675 g/mol. The Bertz CT molecular complexity index is 2520. The standard InChI is InChI=1S/C17H10ClN5.C17H11ClN4O2.CH4/c18-14-4-12-3-11(1-2-16(12)21-6-14)8-23-9-13(5-19)15-7-20-10-22-17(15)23;18-12-4-11-3-10(1-2-15(11)20-5-12)7-22-8-14(17(23)24)13-6-19-9-21-16(13)22;/h1-4,6-7,9-10H,8H2;1-6,8-9H,7H2,(H,23,24);1H4. The molecule has 6 aromatic heterocycles. The monoisotopic (exact) mass is 673 g/mol. The Kier molecular flexibility index (Phi) is 8.94. The third-order valence-corrected chi connectivity index (χ3v) is 7.97. The third-order valence-electron chi connectivity index (χ3n) is 7.56. The largest absolute Gasteiger partial charge is 0.478 e. The molecule has 1 N–H and O–H groups in total. The molecular formula is C35H25Cl2N9O2. The van der Waals surface area contributed by atoms with Crippen molar-refractivity contribution in [2.45, 2.75) is 20.5 Å². The number of carboxylic acid groups (broad SMARTS) is 1. The number of nitriles is 1. The number of carbonyl (C=O) groups is 1. The maximum Gasteiger partial charge on any atom is 0.337 e. The number of rotatable bonds is 5. The van der Waals surface area contributed by atoms with Crippen molar-refractivity contribution in [3.8, 4) is 6.07 Å². The zero-order valence-corrected chi connectivity index (χ0v) is 25.8. The van der Waals surface area contributed by atoms with Crippen molar-refractivity contribution in [2.75, 3.05) is 0 Å². The average Bonchev–Trinajstić information content (AvgIpc) is 3.63. The van der Waals surface area contributed by atoms with Crippen LogP contribution in [0.25, 0.3) is 43.9 Å². The first-order valence-electron chi connectivity index (χ1n) is 14.2. The van der Waals surface area contributed by atoms with E-state index < -0.39 is 5.97 Å². The van der Waals surface area contributed by atoms with Crippen LogP contribution in [0.2, 0.25) is 10.0 Å². The smallest absolute Gasteiger partial charge is 0.337 e. The van der Waals surface area contributed by atoms with Gasteiger partial charge in [0.15, 0.2) is 0 Å². The molecule has 0 radical (unpaired) electrons. The van der Waals surface area contributed by atoms with Crippen molar-refractivity contribution >= 4 is 73.0 Å². The van der Waals surface area contributed by atoms with Gasteiger partial charge in [0.2, 0.25) is 0 Å². The molecule has 8 rings (SSSR count). The topological polar surface area (TPSA) is 148 Å². The minimum atomic E-state index is -0.997. The summed E-state index contributed by atoms with van der Waals surface area (Å²) in [7, 11) is 0. The van der Waals surface area contributed by atoms with Crippen LogP contribution >= 0.6 is 23.2 Å². The summed E-state index contributed by atoms with van der Waals surface area (Å²) in [5, 5.41) is 23.0. The second kappa shape index (κ2) is 13.4. The lowest BCUT2D eigenvalue weighted by Crippen LogP contribution is -2.00. The lowest BCUT2D eigenvalue weighted by atomic mass is 10.1. The van der Waals surface area contributed by atoms with E-state index in [0.717, 1.165) is 44.0 Å². The van der Waals surface area contributed by atoms with E-state index in [1.54, 1.807) is 35.6 Å². The van der Waals surface area contributed by atoms with Gasteiger partial charge in [-0.05, 0) is 47.5 Å². The van der Waals surface area contributed by atoms with Gasteiger partial charge >= 0.3 is 5.97 Å². The van der Waals surface area contributed by atoms with Crippen LogP contribution in [0, 0.1) is 11.3 Å². The summed E-state index contributed by atoms with van der Waals surface area (Å²) in [5.74, 6) is -0.997. The molecule has 0 aliphatic carbocycles. The Morgan fingerprint density at radius 3 is 1.79 bits per heavy atom. The molecule has 0 fully saturated rings. The second-order valence-electron chi connectivity index (χ2n) is 10.6. The second-order valence-corrected chi connectivity index (χ2v) is 11.5. The van der Waals surface area contributed by atoms with E-state index in [2.05, 4.69) is 36.0 Å². The third kappa shape index (κ3) is 6.35. The first-order valence-corrected chi connectivity index (χ1v) is 14.9. The molecule has 0 aliphatic heterocycles. The van der Waals surface area contributed by atoms with Crippen LogP contribution in [0.5, 0.6) is 0 Å². The molecule has 0 unspecified atom stereocenters. The first kappa shape index (κ1) is 32.0. The molecular weight excluding hydrogens is 649 g/mol. The number of nitrogens with zero attached hydrogens (tertiary/aromatic N) is 9. The zero-order chi connectivity index (χ0) is 32.5. The van der Waals surface area contributed by atoms with Gasteiger partial charge in [-0.3, -0.25) is 9.97 Å². The lowest BCUT2D eigenvalue weighted by molar-refractivity contribution is 0.0698. The highest BCUT2D eigenvalue weighted by molar-refractivity contribution is 6.31. The number of pyridine rings is 2. The highest BCUT2D eigenvalue weighted by Crippen LogP contribution is 2.24. The molecule has 6 heterocycles. The van der Waals surface area contributed by atoms with Gasteiger partial charge < -0.3 is 14.2 Å². The molecule has 0 saturated heterocycles. The molecule has 0 bridgehead atoms. The van der Waals surface area contributed by atoms with Crippen LogP contribution in [0.3, 0.4) is 0 Å². The fourth-order valence-corrected chi connectivity index (χ4v) is 5.79. The van der Waals surface area contributed by atoms with Gasteiger partial charge in [0.25, 0.3) is 0 Å². The maximum atomic E-state index is 11.4. The van der Waals surface area contributed by atoms with Gasteiger partial charge in [-0.25, -0.2) is 24.7 Å². The summed E-state index contributed by atoms with van der Waals surface area (Å²) in [6.07, 6.45) is 12.7. The summed E-state index contributed by atoms with van der Waals surface area (Å²) in [6.45, 7) is 1.10. The Morgan fingerprint density at radius 1 is 0.729 bits per heavy atom. The van der Waals surface area contributed by atoms with Crippen LogP contribution < -0.4 is 0 Å². The molecule has 2 aromatic carbocycles. The number of aromatic nitrogens is 8. The number of hydrogen-bond donors (Lipinski definition) is 1. The van der Waals surface area contributed by atoms with Crippen molar-refractivity contribution < 1.29 is 9.90 Å². The molecule has 11 nitrogen and oxygen atoms in total. The van der Waals surface area contributed by atoms with Gasteiger partial charge in [0.1, 0.15) is 30.0 Å². The zero-order valence-electron chi connectivity index (χ0n) is 24.3. The summed E-state index contributed by atoms with van der Waals surface area (Å²) in [5.41, 5.74) is 5.94. The number of aromatic carboxylic acids is 1. The van der Waals surface area contributed by atoms with Crippen LogP contribution in [-0.4, -0.2) is 50.1 Å². The molecule has 8 aromatic rings. The van der Waals surface area contributed by atoms with E-state index in [4.69, 9.17) is 23.2 Å². The molecule has 0 spiro atoms. The van der Waals surface area contributed by atoms with E-state index in [9.17, 15) is 15.2 Å². The molecule has 0 atom stereocenters. The van der Waals surface area contributed by atoms with E-state index in [-0.39, 0.29) is 13.0 Å². The Morgan fingerprint density at radius 2 is 1.25 bits per heavy atom. The van der Waals surface area contributed by atoms with Gasteiger partial charge in [-0.1, -0.05) is 42.8 Å². The summed E-state index contributed by atoms with van der Waals surface area (Å²) in [4.78, 5) is 36.4. The van der Waals surface area contributed by atoms with Gasteiger partial charge in [0.05, 0.1) is 43.0 Å². The highest BCUT2D eigenvalue weighted by Gasteiger charge is 2.16. The summed E-state index contributed by atoms with van der Waals surface area (Å²) < 4.78 is 3.76. The molecule has 236 valence electrons. The Hall–Kier alpha value is -5.96. The molecule has 0 aliphatic rings. The minimum Gasteiger partial charge on any atom is -0.478 e. The number of carboxylic acids is 1. The fourth-order valence-electron chi connectivity index (χ4n) is 5.46. The molecule has 0 amide bonds. The van der Waals surface area contributed by atoms with Gasteiger partial charge in [-0.15, -0.1) is 0 Å². The SMILES string of the molecule is C.N#Cc1cn(Cc2ccc3ncc(Cl)cc3c2)c2ncncc12.O=C(O)c1cn(Cc2ccc3ncc(Cl)cc3c2)c2ncncc12. The molecule has 48 heavy (non-hydrogen) atoms. The van der Waals surface area contributed by atoms with Crippen LogP contribution in [0.4, 0.5) is 0 Å². The fraction of sp³-hybridized carbons (Fsp3) is 0.0857. The number of hydrogen-bond acceptors (Lipinski definition) is 8. The van der Waals surface area contributed by atoms with E-state index in [0.29, 0.717) is 39.7 Å².